The van der Waals surface area contributed by atoms with Gasteiger partial charge in [0.1, 0.15) is 0 Å². The van der Waals surface area contributed by atoms with E-state index in [2.05, 4.69) is 25.9 Å². The average Bonchev–Trinajstić information content (AvgIpc) is 2.43. The zero-order valence-electron chi connectivity index (χ0n) is 11.7. The first-order valence-corrected chi connectivity index (χ1v) is 8.54. The normalized spacial score (nSPS) is 11.8. The summed E-state index contributed by atoms with van der Waals surface area (Å²) < 4.78 is 25.0. The Morgan fingerprint density at radius 2 is 1.76 bits per heavy atom. The van der Waals surface area contributed by atoms with Crippen molar-refractivity contribution < 1.29 is 8.42 Å². The van der Waals surface area contributed by atoms with Gasteiger partial charge in [-0.15, -0.1) is 0 Å². The summed E-state index contributed by atoms with van der Waals surface area (Å²) in [4.78, 5) is 2.39. The smallest absolute Gasteiger partial charge is 0.200 e. The second kappa shape index (κ2) is 6.41. The SMILES string of the molecule is Cc1ccc(S(=O)(=O)NN=Cc2ccc(C)c(Br)c2)cc1. The maximum Gasteiger partial charge on any atom is 0.276 e. The number of sulfonamides is 1. The van der Waals surface area contributed by atoms with Crippen LogP contribution in [0.5, 0.6) is 0 Å². The van der Waals surface area contributed by atoms with Crippen molar-refractivity contribution in [3.05, 3.63) is 63.6 Å². The minimum atomic E-state index is -3.63. The van der Waals surface area contributed by atoms with Crippen LogP contribution in [0.15, 0.2) is 56.9 Å². The molecule has 0 heterocycles. The van der Waals surface area contributed by atoms with Gasteiger partial charge in [-0.05, 0) is 43.2 Å². The second-order valence-electron chi connectivity index (χ2n) is 4.67. The Bertz CT molecular complexity index is 769. The Balaban J connectivity index is 2.12. The van der Waals surface area contributed by atoms with E-state index in [9.17, 15) is 8.42 Å². The number of aryl methyl sites for hydroxylation is 2. The molecule has 0 saturated carbocycles. The van der Waals surface area contributed by atoms with Crippen LogP contribution in [0.3, 0.4) is 0 Å². The third kappa shape index (κ3) is 4.15. The van der Waals surface area contributed by atoms with Gasteiger partial charge in [0, 0.05) is 4.47 Å². The Morgan fingerprint density at radius 1 is 1.10 bits per heavy atom. The fourth-order valence-electron chi connectivity index (χ4n) is 1.63. The topological polar surface area (TPSA) is 58.5 Å². The molecular formula is C15H15BrN2O2S. The lowest BCUT2D eigenvalue weighted by molar-refractivity contribution is 0.584. The van der Waals surface area contributed by atoms with E-state index in [1.807, 2.05) is 32.0 Å². The highest BCUT2D eigenvalue weighted by Gasteiger charge is 2.11. The third-order valence-electron chi connectivity index (χ3n) is 2.91. The van der Waals surface area contributed by atoms with Gasteiger partial charge in [0.2, 0.25) is 0 Å². The highest BCUT2D eigenvalue weighted by Crippen LogP contribution is 2.16. The molecule has 0 spiro atoms. The van der Waals surface area contributed by atoms with Crippen LogP contribution in [0.1, 0.15) is 16.7 Å². The van der Waals surface area contributed by atoms with Gasteiger partial charge >= 0.3 is 0 Å². The average molecular weight is 367 g/mol. The molecule has 4 nitrogen and oxygen atoms in total. The third-order valence-corrected chi connectivity index (χ3v) is 5.01. The first kappa shape index (κ1) is 15.7. The number of hydrogen-bond acceptors (Lipinski definition) is 3. The second-order valence-corrected chi connectivity index (χ2v) is 7.19. The van der Waals surface area contributed by atoms with Gasteiger partial charge in [-0.2, -0.15) is 13.5 Å². The van der Waals surface area contributed by atoms with Crippen LogP contribution in [-0.2, 0) is 10.0 Å². The Hall–Kier alpha value is -1.66. The Labute approximate surface area is 133 Å². The van der Waals surface area contributed by atoms with Crippen LogP contribution in [0.2, 0.25) is 0 Å². The molecule has 0 aromatic heterocycles. The lowest BCUT2D eigenvalue weighted by atomic mass is 10.2. The van der Waals surface area contributed by atoms with E-state index in [-0.39, 0.29) is 4.90 Å². The molecule has 2 aromatic carbocycles. The maximum atomic E-state index is 12.0. The lowest BCUT2D eigenvalue weighted by Crippen LogP contribution is -2.18. The summed E-state index contributed by atoms with van der Waals surface area (Å²) in [6, 6.07) is 12.3. The van der Waals surface area contributed by atoms with Crippen LogP contribution in [0, 0.1) is 13.8 Å². The molecule has 0 unspecified atom stereocenters. The van der Waals surface area contributed by atoms with Gasteiger partial charge in [0.05, 0.1) is 11.1 Å². The number of halogens is 1. The molecule has 0 atom stereocenters. The van der Waals surface area contributed by atoms with E-state index in [0.29, 0.717) is 0 Å². The van der Waals surface area contributed by atoms with Crippen molar-refractivity contribution in [1.29, 1.82) is 0 Å². The molecule has 0 amide bonds. The van der Waals surface area contributed by atoms with Gasteiger partial charge in [-0.1, -0.05) is 45.8 Å². The first-order chi connectivity index (χ1) is 9.88. The molecule has 0 aliphatic carbocycles. The first-order valence-electron chi connectivity index (χ1n) is 6.26. The molecule has 6 heteroatoms. The van der Waals surface area contributed by atoms with Crippen molar-refractivity contribution in [3.8, 4) is 0 Å². The van der Waals surface area contributed by atoms with Crippen molar-refractivity contribution in [3.63, 3.8) is 0 Å². The molecule has 0 aliphatic heterocycles. The van der Waals surface area contributed by atoms with Crippen molar-refractivity contribution in [2.24, 2.45) is 5.10 Å². The summed E-state index contributed by atoms with van der Waals surface area (Å²) in [5, 5.41) is 3.80. The fourth-order valence-corrected chi connectivity index (χ4v) is 2.82. The summed E-state index contributed by atoms with van der Waals surface area (Å²) in [6.45, 7) is 3.88. The summed E-state index contributed by atoms with van der Waals surface area (Å²) >= 11 is 3.42. The summed E-state index contributed by atoms with van der Waals surface area (Å²) in [5.41, 5.74) is 2.91. The number of nitrogens with one attached hydrogen (secondary N) is 1. The molecule has 0 saturated heterocycles. The highest BCUT2D eigenvalue weighted by molar-refractivity contribution is 9.10. The van der Waals surface area contributed by atoms with Crippen LogP contribution in [0.25, 0.3) is 0 Å². The maximum absolute atomic E-state index is 12.0. The number of rotatable bonds is 4. The van der Waals surface area contributed by atoms with Gasteiger partial charge in [-0.3, -0.25) is 0 Å². The predicted octanol–water partition coefficient (Wildman–Crippen LogP) is 3.38. The highest BCUT2D eigenvalue weighted by atomic mass is 79.9. The molecule has 0 aliphatic rings. The molecule has 2 rings (SSSR count). The Morgan fingerprint density at radius 3 is 2.38 bits per heavy atom. The zero-order chi connectivity index (χ0) is 15.5. The fraction of sp³-hybridized carbons (Fsp3) is 0.133. The van der Waals surface area contributed by atoms with E-state index in [1.165, 1.54) is 6.21 Å². The number of hydrazone groups is 1. The Kier molecular flexibility index (Phi) is 4.80. The molecule has 0 radical (unpaired) electrons. The van der Waals surface area contributed by atoms with Crippen LogP contribution in [0.4, 0.5) is 0 Å². The molecule has 0 fully saturated rings. The number of benzene rings is 2. The monoisotopic (exact) mass is 366 g/mol. The van der Waals surface area contributed by atoms with E-state index < -0.39 is 10.0 Å². The zero-order valence-corrected chi connectivity index (χ0v) is 14.1. The van der Waals surface area contributed by atoms with Crippen molar-refractivity contribution >= 4 is 32.2 Å². The summed E-state index contributed by atoms with van der Waals surface area (Å²) in [6.07, 6.45) is 1.47. The van der Waals surface area contributed by atoms with E-state index in [1.54, 1.807) is 24.3 Å². The van der Waals surface area contributed by atoms with Gasteiger partial charge < -0.3 is 0 Å². The van der Waals surface area contributed by atoms with Crippen molar-refractivity contribution in [2.75, 3.05) is 0 Å². The predicted molar refractivity (Wildman–Crippen MR) is 88.0 cm³/mol. The van der Waals surface area contributed by atoms with E-state index in [4.69, 9.17) is 0 Å². The van der Waals surface area contributed by atoms with Crippen LogP contribution < -0.4 is 4.83 Å². The van der Waals surface area contributed by atoms with Gasteiger partial charge in [0.15, 0.2) is 0 Å². The quantitative estimate of drug-likeness (QED) is 0.665. The van der Waals surface area contributed by atoms with Crippen LogP contribution >= 0.6 is 15.9 Å². The minimum Gasteiger partial charge on any atom is -0.200 e. The molecule has 0 bridgehead atoms. The number of hydrogen-bond donors (Lipinski definition) is 1. The van der Waals surface area contributed by atoms with Crippen molar-refractivity contribution in [2.45, 2.75) is 18.7 Å². The number of nitrogens with zero attached hydrogens (tertiary/aromatic N) is 1. The molecule has 1 N–H and O–H groups in total. The lowest BCUT2D eigenvalue weighted by Gasteiger charge is -2.04. The summed E-state index contributed by atoms with van der Waals surface area (Å²) in [5.74, 6) is 0. The molecule has 21 heavy (non-hydrogen) atoms. The van der Waals surface area contributed by atoms with Gasteiger partial charge in [-0.25, -0.2) is 4.83 Å². The molecular weight excluding hydrogens is 352 g/mol. The van der Waals surface area contributed by atoms with Gasteiger partial charge in [0.25, 0.3) is 10.0 Å². The molecule has 110 valence electrons. The minimum absolute atomic E-state index is 0.190. The van der Waals surface area contributed by atoms with Crippen molar-refractivity contribution in [1.82, 2.24) is 4.83 Å². The standard InChI is InChI=1S/C15H15BrN2O2S/c1-11-3-7-14(8-4-11)21(19,20)18-17-10-13-6-5-12(2)15(16)9-13/h3-10,18H,1-2H3. The van der Waals surface area contributed by atoms with Crippen LogP contribution in [-0.4, -0.2) is 14.6 Å². The van der Waals surface area contributed by atoms with E-state index >= 15 is 0 Å². The largest absolute Gasteiger partial charge is 0.276 e. The summed E-state index contributed by atoms with van der Waals surface area (Å²) in [7, 11) is -3.63. The van der Waals surface area contributed by atoms with E-state index in [0.717, 1.165) is 21.2 Å². The molecule has 2 aromatic rings.